The normalized spacial score (nSPS) is 10.9. The van der Waals surface area contributed by atoms with E-state index >= 15 is 0 Å². The number of rotatable bonds is 5. The van der Waals surface area contributed by atoms with Gasteiger partial charge in [0, 0.05) is 23.8 Å². The van der Waals surface area contributed by atoms with Crippen LogP contribution in [0.4, 0.5) is 5.69 Å². The summed E-state index contributed by atoms with van der Waals surface area (Å²) in [6.07, 6.45) is 0. The van der Waals surface area contributed by atoms with Crippen LogP contribution in [-0.2, 0) is 6.54 Å². The minimum atomic E-state index is 0.161. The van der Waals surface area contributed by atoms with Crippen molar-refractivity contribution in [1.29, 1.82) is 0 Å². The molecule has 0 heterocycles. The van der Waals surface area contributed by atoms with Crippen molar-refractivity contribution in [3.8, 4) is 0 Å². The first-order valence-electron chi connectivity index (χ1n) is 5.04. The van der Waals surface area contributed by atoms with Crippen molar-refractivity contribution in [3.63, 3.8) is 0 Å². The summed E-state index contributed by atoms with van der Waals surface area (Å²) >= 11 is 5.90. The third kappa shape index (κ3) is 3.70. The molecule has 1 aromatic carbocycles. The summed E-state index contributed by atoms with van der Waals surface area (Å²) in [5, 5.41) is 9.56. The van der Waals surface area contributed by atoms with Crippen molar-refractivity contribution < 1.29 is 5.11 Å². The van der Waals surface area contributed by atoms with Gasteiger partial charge in [0.1, 0.15) is 0 Å². The molecule has 1 aromatic rings. The Kier molecular flexibility index (Phi) is 4.88. The highest BCUT2D eigenvalue weighted by molar-refractivity contribution is 6.30. The molecule has 0 unspecified atom stereocenters. The van der Waals surface area contributed by atoms with Gasteiger partial charge >= 0.3 is 0 Å². The van der Waals surface area contributed by atoms with Crippen LogP contribution in [0.15, 0.2) is 18.2 Å². The van der Waals surface area contributed by atoms with Crippen molar-refractivity contribution in [2.75, 3.05) is 25.4 Å². The van der Waals surface area contributed by atoms with Crippen LogP contribution in [0, 0.1) is 0 Å². The first-order valence-corrected chi connectivity index (χ1v) is 5.42. The Morgan fingerprint density at radius 1 is 1.47 bits per heavy atom. The molecular formula is C11H17ClN2O. The lowest BCUT2D eigenvalue weighted by Crippen LogP contribution is -2.26. The van der Waals surface area contributed by atoms with Crippen molar-refractivity contribution in [3.05, 3.63) is 28.8 Å². The minimum Gasteiger partial charge on any atom is -0.398 e. The van der Waals surface area contributed by atoms with Crippen molar-refractivity contribution in [2.45, 2.75) is 13.5 Å². The smallest absolute Gasteiger partial charge is 0.0558 e. The molecule has 0 saturated carbocycles. The Hall–Kier alpha value is -0.770. The maximum Gasteiger partial charge on any atom is 0.0558 e. The molecule has 3 nitrogen and oxygen atoms in total. The molecular weight excluding hydrogens is 212 g/mol. The van der Waals surface area contributed by atoms with Gasteiger partial charge in [0.05, 0.1) is 6.61 Å². The van der Waals surface area contributed by atoms with Crippen LogP contribution in [-0.4, -0.2) is 29.7 Å². The number of nitrogen functional groups attached to an aromatic ring is 1. The molecule has 0 atom stereocenters. The first-order chi connectivity index (χ1) is 7.17. The van der Waals surface area contributed by atoms with E-state index in [9.17, 15) is 0 Å². The summed E-state index contributed by atoms with van der Waals surface area (Å²) in [4.78, 5) is 2.11. The number of nitrogens with two attached hydrogens (primary N) is 1. The van der Waals surface area contributed by atoms with Crippen LogP contribution in [0.25, 0.3) is 0 Å². The molecule has 0 bridgehead atoms. The Bertz CT molecular complexity index is 317. The van der Waals surface area contributed by atoms with E-state index in [2.05, 4.69) is 11.8 Å². The second-order valence-corrected chi connectivity index (χ2v) is 3.87. The lowest BCUT2D eigenvalue weighted by atomic mass is 10.1. The second-order valence-electron chi connectivity index (χ2n) is 3.44. The van der Waals surface area contributed by atoms with E-state index in [4.69, 9.17) is 22.4 Å². The molecule has 0 aliphatic carbocycles. The third-order valence-corrected chi connectivity index (χ3v) is 2.60. The van der Waals surface area contributed by atoms with Crippen LogP contribution in [0.1, 0.15) is 12.5 Å². The molecule has 1 rings (SSSR count). The zero-order chi connectivity index (χ0) is 11.3. The number of likely N-dealkylation sites (N-methyl/N-ethyl adjacent to an activating group) is 1. The Labute approximate surface area is 95.5 Å². The molecule has 0 aromatic heterocycles. The molecule has 15 heavy (non-hydrogen) atoms. The zero-order valence-corrected chi connectivity index (χ0v) is 9.67. The van der Waals surface area contributed by atoms with Crippen LogP contribution in [0.2, 0.25) is 5.02 Å². The van der Waals surface area contributed by atoms with E-state index in [-0.39, 0.29) is 6.61 Å². The topological polar surface area (TPSA) is 49.5 Å². The highest BCUT2D eigenvalue weighted by atomic mass is 35.5. The van der Waals surface area contributed by atoms with Gasteiger partial charge in [-0.25, -0.2) is 0 Å². The molecule has 0 amide bonds. The van der Waals surface area contributed by atoms with E-state index in [1.165, 1.54) is 0 Å². The Morgan fingerprint density at radius 3 is 2.80 bits per heavy atom. The van der Waals surface area contributed by atoms with E-state index in [1.54, 1.807) is 6.07 Å². The largest absolute Gasteiger partial charge is 0.398 e. The highest BCUT2D eigenvalue weighted by Crippen LogP contribution is 2.19. The van der Waals surface area contributed by atoms with Gasteiger partial charge in [-0.05, 0) is 30.3 Å². The molecule has 0 spiro atoms. The van der Waals surface area contributed by atoms with Gasteiger partial charge in [-0.3, -0.25) is 4.90 Å². The molecule has 0 saturated heterocycles. The second kappa shape index (κ2) is 5.95. The molecule has 84 valence electrons. The van der Waals surface area contributed by atoms with Crippen LogP contribution in [0.3, 0.4) is 0 Å². The van der Waals surface area contributed by atoms with Crippen molar-refractivity contribution >= 4 is 17.3 Å². The van der Waals surface area contributed by atoms with Gasteiger partial charge in [0.2, 0.25) is 0 Å². The van der Waals surface area contributed by atoms with Gasteiger partial charge in [-0.1, -0.05) is 18.5 Å². The number of aliphatic hydroxyl groups excluding tert-OH is 1. The van der Waals surface area contributed by atoms with Crippen LogP contribution >= 0.6 is 11.6 Å². The van der Waals surface area contributed by atoms with Crippen LogP contribution in [0.5, 0.6) is 0 Å². The predicted octanol–water partition coefficient (Wildman–Crippen LogP) is 1.74. The highest BCUT2D eigenvalue weighted by Gasteiger charge is 2.06. The SMILES string of the molecule is CCN(CCO)Cc1cc(Cl)ccc1N. The zero-order valence-electron chi connectivity index (χ0n) is 8.91. The maximum atomic E-state index is 8.87. The molecule has 0 aliphatic rings. The quantitative estimate of drug-likeness (QED) is 0.755. The summed E-state index contributed by atoms with van der Waals surface area (Å²) < 4.78 is 0. The summed E-state index contributed by atoms with van der Waals surface area (Å²) in [5.41, 5.74) is 7.60. The number of anilines is 1. The lowest BCUT2D eigenvalue weighted by molar-refractivity contribution is 0.197. The summed E-state index contributed by atoms with van der Waals surface area (Å²) in [6, 6.07) is 5.46. The summed E-state index contributed by atoms with van der Waals surface area (Å²) in [5.74, 6) is 0. The fourth-order valence-electron chi connectivity index (χ4n) is 1.44. The fraction of sp³-hybridized carbons (Fsp3) is 0.455. The number of benzene rings is 1. The van der Waals surface area contributed by atoms with E-state index < -0.39 is 0 Å². The monoisotopic (exact) mass is 228 g/mol. The average Bonchev–Trinajstić information content (AvgIpc) is 2.22. The molecule has 0 aliphatic heterocycles. The van der Waals surface area contributed by atoms with Gasteiger partial charge in [-0.15, -0.1) is 0 Å². The average molecular weight is 229 g/mol. The van der Waals surface area contributed by atoms with E-state index in [0.29, 0.717) is 11.6 Å². The molecule has 3 N–H and O–H groups in total. The van der Waals surface area contributed by atoms with Gasteiger partial charge < -0.3 is 10.8 Å². The maximum absolute atomic E-state index is 8.87. The fourth-order valence-corrected chi connectivity index (χ4v) is 1.64. The summed E-state index contributed by atoms with van der Waals surface area (Å²) in [6.45, 7) is 4.48. The predicted molar refractivity (Wildman–Crippen MR) is 63.9 cm³/mol. The Morgan fingerprint density at radius 2 is 2.20 bits per heavy atom. The van der Waals surface area contributed by atoms with Crippen molar-refractivity contribution in [2.24, 2.45) is 0 Å². The molecule has 0 fully saturated rings. The van der Waals surface area contributed by atoms with Gasteiger partial charge in [-0.2, -0.15) is 0 Å². The number of hydrogen-bond donors (Lipinski definition) is 2. The number of hydrogen-bond acceptors (Lipinski definition) is 3. The van der Waals surface area contributed by atoms with Gasteiger partial charge in [0.25, 0.3) is 0 Å². The standard InChI is InChI=1S/C11H17ClN2O/c1-2-14(5-6-15)8-9-7-10(12)3-4-11(9)13/h3-4,7,15H,2,5-6,8,13H2,1H3. The van der Waals surface area contributed by atoms with Gasteiger partial charge in [0.15, 0.2) is 0 Å². The lowest BCUT2D eigenvalue weighted by Gasteiger charge is -2.20. The number of aliphatic hydroxyl groups is 1. The van der Waals surface area contributed by atoms with Crippen molar-refractivity contribution in [1.82, 2.24) is 4.90 Å². The molecule has 0 radical (unpaired) electrons. The van der Waals surface area contributed by atoms with Crippen LogP contribution < -0.4 is 5.73 Å². The number of halogens is 1. The minimum absolute atomic E-state index is 0.161. The van der Waals surface area contributed by atoms with E-state index in [1.807, 2.05) is 12.1 Å². The number of nitrogens with zero attached hydrogens (tertiary/aromatic N) is 1. The van der Waals surface area contributed by atoms with E-state index in [0.717, 1.165) is 24.3 Å². The summed E-state index contributed by atoms with van der Waals surface area (Å²) in [7, 11) is 0. The third-order valence-electron chi connectivity index (χ3n) is 2.36. The first kappa shape index (κ1) is 12.3. The molecule has 4 heteroatoms. The Balaban J connectivity index is 2.73.